The molecule has 3 atom stereocenters. The Morgan fingerprint density at radius 2 is 2.07 bits per heavy atom. The summed E-state index contributed by atoms with van der Waals surface area (Å²) in [7, 11) is 1.63. The third-order valence-electron chi connectivity index (χ3n) is 6.12. The van der Waals surface area contributed by atoms with Gasteiger partial charge in [0.25, 0.3) is 11.8 Å². The molecule has 7 N–H and O–H groups in total. The maximum Gasteiger partial charge on any atom is 0.352 e. The number of aliphatic carboxylic acids is 1. The van der Waals surface area contributed by atoms with Crippen molar-refractivity contribution in [1.82, 2.24) is 45.5 Å². The van der Waals surface area contributed by atoms with Crippen LogP contribution in [-0.4, -0.2) is 96.9 Å². The molecule has 21 heteroatoms. The number of aromatic hydroxyl groups is 1. The van der Waals surface area contributed by atoms with E-state index in [-0.39, 0.29) is 32.8 Å². The average Bonchev–Trinajstić information content (AvgIpc) is 3.57. The maximum atomic E-state index is 13.4. The number of rotatable bonds is 9. The number of hydrogen-bond acceptors (Lipinski definition) is 15. The van der Waals surface area contributed by atoms with Crippen LogP contribution in [0.4, 0.5) is 5.13 Å². The number of tetrazole rings is 1. The van der Waals surface area contributed by atoms with Crippen LogP contribution >= 0.6 is 34.9 Å². The number of hydrogen-bond donors (Lipinski definition) is 6. The molecule has 42 heavy (non-hydrogen) atoms. The fraction of sp³-hybridized carbons (Fsp3) is 0.286. The van der Waals surface area contributed by atoms with E-state index in [1.54, 1.807) is 7.05 Å². The third kappa shape index (κ3) is 5.35. The Kier molecular flexibility index (Phi) is 7.79. The van der Waals surface area contributed by atoms with Crippen LogP contribution in [0.25, 0.3) is 0 Å². The Balaban J connectivity index is 1.34. The lowest BCUT2D eigenvalue weighted by molar-refractivity contribution is -0.151. The third-order valence-corrected chi connectivity index (χ3v) is 9.25. The summed E-state index contributed by atoms with van der Waals surface area (Å²) in [5.74, 6) is -4.29. The number of thiazole rings is 1. The van der Waals surface area contributed by atoms with Gasteiger partial charge in [-0.2, -0.15) is 4.73 Å². The number of β-lactam (4-membered cyclic amide) rings is 1. The SMILES string of the molecule is Cn1nnnc1SCC1=C(C(=O)O)N2C(=O)[C@@H](NC(=O)C(NC(=O)c3cc(=O)c(O)cn3O)c3csc(N)n3)[C@H]2SC1. The van der Waals surface area contributed by atoms with Crippen LogP contribution in [0.3, 0.4) is 0 Å². The van der Waals surface area contributed by atoms with Crippen molar-refractivity contribution in [2.75, 3.05) is 17.2 Å². The minimum Gasteiger partial charge on any atom is -0.503 e. The van der Waals surface area contributed by atoms with Gasteiger partial charge >= 0.3 is 5.97 Å². The van der Waals surface area contributed by atoms with Crippen molar-refractivity contribution >= 4 is 63.7 Å². The molecular formula is C21H20N10O8S3. The number of nitrogens with zero attached hydrogens (tertiary/aromatic N) is 7. The molecular weight excluding hydrogens is 616 g/mol. The standard InChI is InChI=1S/C21H20N10O8S3/c1-29-21(26-27-28-29)42-5-7-4-40-18-13(17(36)31(18)14(7)19(37)38)25-16(35)12(8-6-41-20(22)23-8)24-15(34)9-2-10(32)11(33)3-30(9)39/h2-3,6,12-13,18,33,39H,4-5H2,1H3,(H2,22,23)(H,24,34)(H,25,35)(H,37,38)/t12?,13-,18-/m1/s1. The van der Waals surface area contributed by atoms with Crippen LogP contribution in [0.1, 0.15) is 22.2 Å². The van der Waals surface area contributed by atoms with Crippen LogP contribution in [0, 0.1) is 0 Å². The van der Waals surface area contributed by atoms with Gasteiger partial charge in [0.15, 0.2) is 16.9 Å². The predicted octanol–water partition coefficient (Wildman–Crippen LogP) is -1.64. The van der Waals surface area contributed by atoms with Crippen LogP contribution in [0.5, 0.6) is 5.75 Å². The van der Waals surface area contributed by atoms with Gasteiger partial charge in [-0.15, -0.1) is 28.2 Å². The fourth-order valence-electron chi connectivity index (χ4n) is 4.12. The summed E-state index contributed by atoms with van der Waals surface area (Å²) >= 11 is 3.43. The number of carbonyl (C=O) groups excluding carboxylic acids is 3. The Hall–Kier alpha value is -4.63. The molecule has 0 aliphatic carbocycles. The second kappa shape index (κ2) is 11.3. The molecule has 1 saturated heterocycles. The lowest BCUT2D eigenvalue weighted by Crippen LogP contribution is -2.71. The fourth-order valence-corrected chi connectivity index (χ4v) is 7.04. The Morgan fingerprint density at radius 1 is 1.31 bits per heavy atom. The van der Waals surface area contributed by atoms with Crippen LogP contribution in [0.15, 0.2) is 38.9 Å². The Morgan fingerprint density at radius 3 is 2.71 bits per heavy atom. The number of nitrogens with two attached hydrogens (primary N) is 1. The molecule has 5 heterocycles. The van der Waals surface area contributed by atoms with Gasteiger partial charge in [-0.25, -0.2) is 14.5 Å². The summed E-state index contributed by atoms with van der Waals surface area (Å²) in [6.45, 7) is 0. The van der Waals surface area contributed by atoms with E-state index in [0.717, 1.165) is 16.2 Å². The summed E-state index contributed by atoms with van der Waals surface area (Å²) in [4.78, 5) is 68.5. The Labute approximate surface area is 246 Å². The molecule has 5 rings (SSSR count). The smallest absolute Gasteiger partial charge is 0.352 e. The number of thioether (sulfide) groups is 2. The molecule has 3 aromatic rings. The van der Waals surface area contributed by atoms with Gasteiger partial charge in [-0.05, 0) is 16.0 Å². The highest BCUT2D eigenvalue weighted by molar-refractivity contribution is 8.01. The van der Waals surface area contributed by atoms with Crippen molar-refractivity contribution in [3.05, 3.63) is 50.5 Å². The number of carboxylic acid groups (broad SMARTS) is 1. The second-order valence-corrected chi connectivity index (χ2v) is 11.7. The van der Waals surface area contributed by atoms with Crippen LogP contribution < -0.4 is 21.8 Å². The number of amides is 3. The monoisotopic (exact) mass is 636 g/mol. The van der Waals surface area contributed by atoms with E-state index < -0.39 is 58.0 Å². The Bertz CT molecular complexity index is 1700. The minimum absolute atomic E-state index is 0.0117. The number of fused-ring (bicyclic) bond motifs is 1. The van der Waals surface area contributed by atoms with E-state index in [9.17, 15) is 39.4 Å². The largest absolute Gasteiger partial charge is 0.503 e. The number of aromatic nitrogens is 6. The van der Waals surface area contributed by atoms with Crippen LogP contribution in [-0.2, 0) is 21.4 Å². The summed E-state index contributed by atoms with van der Waals surface area (Å²) in [6, 6.07) is -1.99. The van der Waals surface area contributed by atoms with Gasteiger partial charge in [-0.1, -0.05) is 11.8 Å². The number of pyridine rings is 1. The first-order chi connectivity index (χ1) is 20.0. The van der Waals surface area contributed by atoms with E-state index in [1.165, 1.54) is 33.6 Å². The zero-order valence-corrected chi connectivity index (χ0v) is 23.6. The summed E-state index contributed by atoms with van der Waals surface area (Å²) < 4.78 is 1.64. The predicted molar refractivity (Wildman–Crippen MR) is 145 cm³/mol. The highest BCUT2D eigenvalue weighted by Crippen LogP contribution is 2.41. The zero-order valence-electron chi connectivity index (χ0n) is 21.2. The first kappa shape index (κ1) is 28.9. The minimum atomic E-state index is -1.52. The first-order valence-electron chi connectivity index (χ1n) is 11.7. The van der Waals surface area contributed by atoms with Gasteiger partial charge in [0.1, 0.15) is 22.8 Å². The lowest BCUT2D eigenvalue weighted by Gasteiger charge is -2.49. The first-order valence-corrected chi connectivity index (χ1v) is 14.6. The molecule has 0 aromatic carbocycles. The van der Waals surface area contributed by atoms with E-state index >= 15 is 0 Å². The number of anilines is 1. The van der Waals surface area contributed by atoms with E-state index in [0.29, 0.717) is 23.0 Å². The topological polar surface area (TPSA) is 261 Å². The van der Waals surface area contributed by atoms with Crippen molar-refractivity contribution in [2.45, 2.75) is 22.6 Å². The number of nitrogen functional groups attached to an aromatic ring is 1. The molecule has 220 valence electrons. The lowest BCUT2D eigenvalue weighted by atomic mass is 10.0. The zero-order chi connectivity index (χ0) is 30.3. The molecule has 3 aromatic heterocycles. The van der Waals surface area contributed by atoms with Gasteiger partial charge in [-0.3, -0.25) is 24.1 Å². The molecule has 0 bridgehead atoms. The quantitative estimate of drug-likeness (QED) is 0.0874. The number of aryl methyl sites for hydroxylation is 1. The van der Waals surface area contributed by atoms with Crippen molar-refractivity contribution in [1.29, 1.82) is 0 Å². The molecule has 0 saturated carbocycles. The highest BCUT2D eigenvalue weighted by atomic mass is 32.2. The van der Waals surface area contributed by atoms with E-state index in [2.05, 4.69) is 31.1 Å². The summed E-state index contributed by atoms with van der Waals surface area (Å²) in [5, 5.41) is 46.5. The van der Waals surface area contributed by atoms with E-state index in [4.69, 9.17) is 5.73 Å². The normalized spacial score (nSPS) is 18.7. The summed E-state index contributed by atoms with van der Waals surface area (Å²) in [6.07, 6.45) is 0.611. The number of carbonyl (C=O) groups is 4. The van der Waals surface area contributed by atoms with Crippen LogP contribution in [0.2, 0.25) is 0 Å². The number of nitrogens with one attached hydrogen (secondary N) is 2. The van der Waals surface area contributed by atoms with Crippen molar-refractivity contribution in [3.8, 4) is 5.75 Å². The summed E-state index contributed by atoms with van der Waals surface area (Å²) in [5.41, 5.74) is 4.45. The molecule has 0 radical (unpaired) electrons. The van der Waals surface area contributed by atoms with Gasteiger partial charge in [0.05, 0.1) is 11.9 Å². The van der Waals surface area contributed by atoms with Gasteiger partial charge < -0.3 is 31.8 Å². The molecule has 18 nitrogen and oxygen atoms in total. The second-order valence-electron chi connectivity index (χ2n) is 8.80. The average molecular weight is 637 g/mol. The van der Waals surface area contributed by atoms with Gasteiger partial charge in [0.2, 0.25) is 16.5 Å². The van der Waals surface area contributed by atoms with Crippen molar-refractivity contribution < 1.29 is 34.6 Å². The molecule has 0 spiro atoms. The van der Waals surface area contributed by atoms with Crippen molar-refractivity contribution in [3.63, 3.8) is 0 Å². The number of carboxylic acids is 1. The molecule has 2 aliphatic rings. The highest BCUT2D eigenvalue weighted by Gasteiger charge is 2.54. The van der Waals surface area contributed by atoms with E-state index in [1.807, 2.05) is 0 Å². The molecule has 2 aliphatic heterocycles. The molecule has 3 amide bonds. The van der Waals surface area contributed by atoms with Gasteiger partial charge in [0, 0.05) is 30.0 Å². The maximum absolute atomic E-state index is 13.4. The van der Waals surface area contributed by atoms with Crippen molar-refractivity contribution in [2.24, 2.45) is 7.05 Å². The molecule has 1 unspecified atom stereocenters. The molecule has 1 fully saturated rings.